The molecular formula is C18H24N5O+. The smallest absolute Gasteiger partial charge is 0.349 e. The van der Waals surface area contributed by atoms with Crippen molar-refractivity contribution in [1.82, 2.24) is 19.6 Å². The van der Waals surface area contributed by atoms with E-state index in [0.29, 0.717) is 17.5 Å². The van der Waals surface area contributed by atoms with Crippen LogP contribution in [-0.2, 0) is 7.05 Å². The molecule has 0 aliphatic heterocycles. The molecule has 3 aromatic heterocycles. The standard InChI is InChI=1S/C18H24N5O/c1-10(2)16-11(3)19-22(12(16)4)15-8-14-9-21(5)20-18(14)23(24)17(15)13-6-7-13/h8-10,13,24H,6-7H2,1-5H3/q+1. The highest BCUT2D eigenvalue weighted by Gasteiger charge is 2.37. The predicted octanol–water partition coefficient (Wildman–Crippen LogP) is 2.90. The highest BCUT2D eigenvalue weighted by Crippen LogP contribution is 2.42. The van der Waals surface area contributed by atoms with E-state index in [1.165, 1.54) is 10.3 Å². The van der Waals surface area contributed by atoms with Crippen LogP contribution in [0.25, 0.3) is 16.7 Å². The number of nitrogens with zero attached hydrogens (tertiary/aromatic N) is 5. The zero-order valence-electron chi connectivity index (χ0n) is 14.9. The largest absolute Gasteiger partial charge is 0.395 e. The first-order valence-electron chi connectivity index (χ1n) is 8.56. The molecule has 0 aromatic carbocycles. The van der Waals surface area contributed by atoms with E-state index >= 15 is 0 Å². The van der Waals surface area contributed by atoms with Gasteiger partial charge in [-0.1, -0.05) is 13.8 Å². The van der Waals surface area contributed by atoms with E-state index in [-0.39, 0.29) is 0 Å². The van der Waals surface area contributed by atoms with Crippen molar-refractivity contribution in [3.63, 3.8) is 0 Å². The Labute approximate surface area is 141 Å². The van der Waals surface area contributed by atoms with Crippen LogP contribution in [-0.4, -0.2) is 24.8 Å². The molecule has 1 aliphatic rings. The molecule has 1 N–H and O–H groups in total. The second-order valence-corrected chi connectivity index (χ2v) is 7.23. The van der Waals surface area contributed by atoms with Gasteiger partial charge in [-0.05, 0) is 49.0 Å². The monoisotopic (exact) mass is 326 g/mol. The fourth-order valence-corrected chi connectivity index (χ4v) is 3.84. The second-order valence-electron chi connectivity index (χ2n) is 7.23. The minimum Gasteiger partial charge on any atom is -0.349 e. The van der Waals surface area contributed by atoms with Gasteiger partial charge in [-0.3, -0.25) is 0 Å². The summed E-state index contributed by atoms with van der Waals surface area (Å²) in [6, 6.07) is 2.10. The van der Waals surface area contributed by atoms with Crippen molar-refractivity contribution < 1.29 is 9.94 Å². The van der Waals surface area contributed by atoms with Gasteiger partial charge in [0.25, 0.3) is 0 Å². The van der Waals surface area contributed by atoms with Crippen LogP contribution in [0.4, 0.5) is 0 Å². The summed E-state index contributed by atoms with van der Waals surface area (Å²) >= 11 is 0. The SMILES string of the molecule is Cc1nn(-c2cc3cn(C)nc3[n+](O)c2C2CC2)c(C)c1C(C)C. The number of pyridine rings is 1. The van der Waals surface area contributed by atoms with E-state index in [1.807, 2.05) is 17.9 Å². The third kappa shape index (κ3) is 2.12. The van der Waals surface area contributed by atoms with Crippen LogP contribution in [0, 0.1) is 13.8 Å². The number of aromatic nitrogens is 5. The Balaban J connectivity index is 2.03. The molecular weight excluding hydrogens is 302 g/mol. The summed E-state index contributed by atoms with van der Waals surface area (Å²) in [6.45, 7) is 8.56. The Morgan fingerprint density at radius 2 is 1.96 bits per heavy atom. The summed E-state index contributed by atoms with van der Waals surface area (Å²) in [5, 5.41) is 20.9. The average molecular weight is 326 g/mol. The van der Waals surface area contributed by atoms with Gasteiger partial charge in [0, 0.05) is 11.6 Å². The fourth-order valence-electron chi connectivity index (χ4n) is 3.84. The molecule has 6 nitrogen and oxygen atoms in total. The minimum absolute atomic E-state index is 0.378. The van der Waals surface area contributed by atoms with Gasteiger partial charge < -0.3 is 5.21 Å². The number of rotatable bonds is 3. The Bertz CT molecular complexity index is 946. The van der Waals surface area contributed by atoms with E-state index in [4.69, 9.17) is 5.10 Å². The second kappa shape index (κ2) is 5.06. The van der Waals surface area contributed by atoms with E-state index in [2.05, 4.69) is 38.9 Å². The predicted molar refractivity (Wildman–Crippen MR) is 90.8 cm³/mol. The maximum absolute atomic E-state index is 10.8. The topological polar surface area (TPSA) is 59.8 Å². The molecule has 24 heavy (non-hydrogen) atoms. The first-order valence-corrected chi connectivity index (χ1v) is 8.56. The minimum atomic E-state index is 0.378. The highest BCUT2D eigenvalue weighted by molar-refractivity contribution is 5.74. The number of hydrogen-bond acceptors (Lipinski definition) is 3. The van der Waals surface area contributed by atoms with Gasteiger partial charge in [0.15, 0.2) is 5.69 Å². The van der Waals surface area contributed by atoms with E-state index in [0.717, 1.165) is 41.0 Å². The number of fused-ring (bicyclic) bond motifs is 1. The molecule has 3 heterocycles. The van der Waals surface area contributed by atoms with Crippen LogP contribution in [0.5, 0.6) is 0 Å². The van der Waals surface area contributed by atoms with Crippen molar-refractivity contribution in [3.8, 4) is 5.69 Å². The van der Waals surface area contributed by atoms with Crippen molar-refractivity contribution in [2.24, 2.45) is 7.05 Å². The van der Waals surface area contributed by atoms with E-state index in [1.54, 1.807) is 4.68 Å². The summed E-state index contributed by atoms with van der Waals surface area (Å²) in [5.74, 6) is 0.800. The van der Waals surface area contributed by atoms with Gasteiger partial charge in [-0.2, -0.15) is 9.78 Å². The molecule has 0 radical (unpaired) electrons. The van der Waals surface area contributed by atoms with Crippen molar-refractivity contribution in [1.29, 1.82) is 0 Å². The first kappa shape index (κ1) is 15.2. The Hall–Kier alpha value is -2.37. The number of aryl methyl sites for hydroxylation is 2. The van der Waals surface area contributed by atoms with Gasteiger partial charge in [0.05, 0.1) is 29.4 Å². The molecule has 0 bridgehead atoms. The highest BCUT2D eigenvalue weighted by atomic mass is 16.5. The molecule has 126 valence electrons. The van der Waals surface area contributed by atoms with Gasteiger partial charge in [0.1, 0.15) is 5.69 Å². The summed E-state index contributed by atoms with van der Waals surface area (Å²) < 4.78 is 5.00. The quantitative estimate of drug-likeness (QED) is 0.595. The molecule has 1 saturated carbocycles. The molecule has 0 atom stereocenters. The van der Waals surface area contributed by atoms with Crippen LogP contribution >= 0.6 is 0 Å². The van der Waals surface area contributed by atoms with Gasteiger partial charge in [-0.15, -0.1) is 0 Å². The number of hydrogen-bond donors (Lipinski definition) is 1. The van der Waals surface area contributed by atoms with Crippen molar-refractivity contribution in [2.75, 3.05) is 0 Å². The van der Waals surface area contributed by atoms with Gasteiger partial charge in [-0.25, -0.2) is 4.68 Å². The van der Waals surface area contributed by atoms with Gasteiger partial charge >= 0.3 is 5.65 Å². The van der Waals surface area contributed by atoms with Crippen molar-refractivity contribution in [2.45, 2.75) is 52.4 Å². The summed E-state index contributed by atoms with van der Waals surface area (Å²) in [5.41, 5.74) is 5.98. The lowest BCUT2D eigenvalue weighted by Crippen LogP contribution is -2.38. The normalized spacial score (nSPS) is 14.9. The molecule has 1 aliphatic carbocycles. The van der Waals surface area contributed by atoms with E-state index < -0.39 is 0 Å². The lowest BCUT2D eigenvalue weighted by atomic mass is 10.0. The Kier molecular flexibility index (Phi) is 3.20. The molecule has 0 unspecified atom stereocenters. The zero-order chi connectivity index (χ0) is 17.2. The van der Waals surface area contributed by atoms with Gasteiger partial charge in [0.2, 0.25) is 0 Å². The maximum atomic E-state index is 10.8. The van der Waals surface area contributed by atoms with Crippen LogP contribution in [0.2, 0.25) is 0 Å². The van der Waals surface area contributed by atoms with Crippen LogP contribution in [0.1, 0.15) is 61.2 Å². The molecule has 0 spiro atoms. The third-order valence-electron chi connectivity index (χ3n) is 4.94. The van der Waals surface area contributed by atoms with Crippen LogP contribution < -0.4 is 4.73 Å². The van der Waals surface area contributed by atoms with Crippen LogP contribution in [0.3, 0.4) is 0 Å². The van der Waals surface area contributed by atoms with E-state index in [9.17, 15) is 5.21 Å². The maximum Gasteiger partial charge on any atom is 0.395 e. The fraction of sp³-hybridized carbons (Fsp3) is 0.500. The zero-order valence-corrected chi connectivity index (χ0v) is 14.9. The summed E-state index contributed by atoms with van der Waals surface area (Å²) in [4.78, 5) is 0. The van der Waals surface area contributed by atoms with Crippen molar-refractivity contribution in [3.05, 3.63) is 34.9 Å². The lowest BCUT2D eigenvalue weighted by Gasteiger charge is -2.11. The summed E-state index contributed by atoms with van der Waals surface area (Å²) in [7, 11) is 1.87. The lowest BCUT2D eigenvalue weighted by molar-refractivity contribution is -0.890. The summed E-state index contributed by atoms with van der Waals surface area (Å²) in [6.07, 6.45) is 4.13. The first-order chi connectivity index (χ1) is 11.4. The molecule has 6 heteroatoms. The average Bonchev–Trinajstić information content (AvgIpc) is 3.18. The van der Waals surface area contributed by atoms with Crippen molar-refractivity contribution >= 4 is 11.0 Å². The molecule has 0 saturated heterocycles. The molecule has 3 aromatic rings. The van der Waals surface area contributed by atoms with Crippen LogP contribution in [0.15, 0.2) is 12.3 Å². The Morgan fingerprint density at radius 1 is 1.25 bits per heavy atom. The molecule has 4 rings (SSSR count). The molecule has 1 fully saturated rings. The third-order valence-corrected chi connectivity index (χ3v) is 4.94. The Morgan fingerprint density at radius 3 is 2.54 bits per heavy atom. The molecule has 0 amide bonds.